The number of amides is 4. The predicted octanol–water partition coefficient (Wildman–Crippen LogP) is 4.23. The van der Waals surface area contributed by atoms with Gasteiger partial charge in [0.25, 0.3) is 11.8 Å². The van der Waals surface area contributed by atoms with Gasteiger partial charge in [-0.2, -0.15) is 0 Å². The van der Waals surface area contributed by atoms with Gasteiger partial charge in [-0.3, -0.25) is 9.59 Å². The Kier molecular flexibility index (Phi) is 11.0. The predicted molar refractivity (Wildman–Crippen MR) is 139 cm³/mol. The second-order valence-electron chi connectivity index (χ2n) is 10.1. The zero-order valence-electron chi connectivity index (χ0n) is 23.5. The number of imide groups is 1. The third-order valence-electron chi connectivity index (χ3n) is 4.58. The molecule has 1 aliphatic heterocycles. The SMILES string of the molecule is CC.Cc1cc(C(=O)ON2C(=O)CCC2=O)ccc1CN(C(=O)OC(C)(C)C)/C(N)=N/C(=O)OC(C)(C)C. The number of aryl methyl sites for hydroxylation is 1. The van der Waals surface area contributed by atoms with E-state index in [0.717, 1.165) is 4.90 Å². The van der Waals surface area contributed by atoms with E-state index in [1.165, 1.54) is 18.2 Å². The standard InChI is InChI=1S/C24H32N4O8.C2H6/c1-14-12-15(19(31)36-28-17(29)10-11-18(28)30)8-9-16(14)13-27(22(33)35-24(5,6)7)20(25)26-21(32)34-23(2,3)4;1-2/h8-9,12H,10-11,13H2,1-7H3,(H2,25,26,32);1-2H3. The number of carbonyl (C=O) groups excluding carboxylic acids is 5. The maximum atomic E-state index is 12.9. The van der Waals surface area contributed by atoms with Crippen molar-refractivity contribution in [2.75, 3.05) is 0 Å². The molecule has 2 rings (SSSR count). The van der Waals surface area contributed by atoms with Crippen LogP contribution in [0, 0.1) is 6.92 Å². The van der Waals surface area contributed by atoms with Crippen LogP contribution >= 0.6 is 0 Å². The summed E-state index contributed by atoms with van der Waals surface area (Å²) in [4.78, 5) is 70.4. The molecule has 2 N–H and O–H groups in total. The Hall–Kier alpha value is -3.96. The number of aliphatic imine (C=N–C) groups is 1. The van der Waals surface area contributed by atoms with Crippen molar-refractivity contribution in [1.29, 1.82) is 0 Å². The molecular weight excluding hydrogens is 496 g/mol. The maximum Gasteiger partial charge on any atom is 0.437 e. The van der Waals surface area contributed by atoms with E-state index in [9.17, 15) is 24.0 Å². The second-order valence-corrected chi connectivity index (χ2v) is 10.1. The summed E-state index contributed by atoms with van der Waals surface area (Å²) >= 11 is 0. The van der Waals surface area contributed by atoms with Crippen LogP contribution in [0.4, 0.5) is 9.59 Å². The monoisotopic (exact) mass is 534 g/mol. The minimum atomic E-state index is -0.977. The van der Waals surface area contributed by atoms with Crippen molar-refractivity contribution in [2.45, 2.75) is 92.9 Å². The van der Waals surface area contributed by atoms with Gasteiger partial charge in [-0.1, -0.05) is 19.9 Å². The number of benzene rings is 1. The number of nitrogens with zero attached hydrogens (tertiary/aromatic N) is 3. The van der Waals surface area contributed by atoms with Gasteiger partial charge in [-0.25, -0.2) is 19.3 Å². The van der Waals surface area contributed by atoms with Gasteiger partial charge in [0, 0.05) is 12.8 Å². The van der Waals surface area contributed by atoms with Crippen molar-refractivity contribution in [3.05, 3.63) is 34.9 Å². The Bertz CT molecular complexity index is 1080. The molecule has 0 bridgehead atoms. The van der Waals surface area contributed by atoms with Gasteiger partial charge in [0.1, 0.15) is 11.2 Å². The molecule has 0 saturated carbocycles. The highest BCUT2D eigenvalue weighted by molar-refractivity contribution is 6.03. The van der Waals surface area contributed by atoms with Crippen LogP contribution in [0.3, 0.4) is 0 Å². The molecule has 1 aromatic rings. The third-order valence-corrected chi connectivity index (χ3v) is 4.58. The number of rotatable bonds is 4. The largest absolute Gasteiger partial charge is 0.443 e. The zero-order valence-corrected chi connectivity index (χ0v) is 23.5. The first-order valence-corrected chi connectivity index (χ1v) is 12.2. The zero-order chi connectivity index (χ0) is 29.4. The molecule has 38 heavy (non-hydrogen) atoms. The van der Waals surface area contributed by atoms with Crippen LogP contribution in [0.15, 0.2) is 23.2 Å². The smallest absolute Gasteiger partial charge is 0.437 e. The van der Waals surface area contributed by atoms with Gasteiger partial charge in [-0.05, 0) is 71.7 Å². The number of carbonyl (C=O) groups is 5. The van der Waals surface area contributed by atoms with Crippen LogP contribution in [-0.2, 0) is 30.4 Å². The van der Waals surface area contributed by atoms with Crippen molar-refractivity contribution in [3.8, 4) is 0 Å². The van der Waals surface area contributed by atoms with E-state index >= 15 is 0 Å². The molecule has 0 unspecified atom stereocenters. The molecule has 0 aromatic heterocycles. The molecule has 12 heteroatoms. The van der Waals surface area contributed by atoms with E-state index < -0.39 is 47.1 Å². The first kappa shape index (κ1) is 32.1. The van der Waals surface area contributed by atoms with Crippen molar-refractivity contribution < 1.29 is 38.3 Å². The number of ether oxygens (including phenoxy) is 2. The van der Waals surface area contributed by atoms with E-state index in [0.29, 0.717) is 16.2 Å². The molecule has 1 saturated heterocycles. The fourth-order valence-electron chi connectivity index (χ4n) is 2.96. The highest BCUT2D eigenvalue weighted by Crippen LogP contribution is 2.19. The van der Waals surface area contributed by atoms with Gasteiger partial charge in [0.2, 0.25) is 5.96 Å². The second kappa shape index (κ2) is 13.0. The fraction of sp³-hybridized carbons (Fsp3) is 0.538. The van der Waals surface area contributed by atoms with Crippen molar-refractivity contribution in [3.63, 3.8) is 0 Å². The average molecular weight is 535 g/mol. The third kappa shape index (κ3) is 9.83. The van der Waals surface area contributed by atoms with E-state index in [1.807, 2.05) is 13.8 Å². The molecule has 210 valence electrons. The van der Waals surface area contributed by atoms with E-state index in [-0.39, 0.29) is 24.9 Å². The summed E-state index contributed by atoms with van der Waals surface area (Å²) < 4.78 is 10.5. The highest BCUT2D eigenvalue weighted by Gasteiger charge is 2.33. The van der Waals surface area contributed by atoms with Crippen LogP contribution in [0.1, 0.15) is 89.7 Å². The summed E-state index contributed by atoms with van der Waals surface area (Å²) in [7, 11) is 0. The number of hydroxylamine groups is 2. The Morgan fingerprint density at radius 2 is 1.50 bits per heavy atom. The van der Waals surface area contributed by atoms with Gasteiger partial charge >= 0.3 is 18.2 Å². The molecule has 0 aliphatic carbocycles. The molecule has 4 amide bonds. The Morgan fingerprint density at radius 1 is 0.974 bits per heavy atom. The molecule has 0 spiro atoms. The van der Waals surface area contributed by atoms with Gasteiger partial charge in [-0.15, -0.1) is 10.1 Å². The minimum Gasteiger partial charge on any atom is -0.443 e. The normalized spacial score (nSPS) is 13.9. The molecule has 1 fully saturated rings. The first-order chi connectivity index (χ1) is 17.5. The first-order valence-electron chi connectivity index (χ1n) is 12.2. The van der Waals surface area contributed by atoms with Crippen LogP contribution in [0.25, 0.3) is 0 Å². The van der Waals surface area contributed by atoms with E-state index in [4.69, 9.17) is 20.0 Å². The van der Waals surface area contributed by atoms with Crippen molar-refractivity contribution >= 4 is 35.9 Å². The summed E-state index contributed by atoms with van der Waals surface area (Å²) in [5.41, 5.74) is 5.51. The lowest BCUT2D eigenvalue weighted by Crippen LogP contribution is -2.45. The highest BCUT2D eigenvalue weighted by atomic mass is 16.7. The summed E-state index contributed by atoms with van der Waals surface area (Å²) in [5.74, 6) is -2.50. The summed E-state index contributed by atoms with van der Waals surface area (Å²) in [5, 5.41) is 0.462. The lowest BCUT2D eigenvalue weighted by molar-refractivity contribution is -0.172. The van der Waals surface area contributed by atoms with Crippen molar-refractivity contribution in [1.82, 2.24) is 9.96 Å². The molecule has 0 atom stereocenters. The Balaban J connectivity index is 0.00000352. The molecule has 12 nitrogen and oxygen atoms in total. The minimum absolute atomic E-state index is 0.0170. The van der Waals surface area contributed by atoms with Crippen LogP contribution in [-0.4, -0.2) is 57.1 Å². The summed E-state index contributed by atoms with van der Waals surface area (Å²) in [6.07, 6.45) is -1.86. The molecule has 1 aliphatic rings. The molecule has 1 heterocycles. The number of hydrogen-bond acceptors (Lipinski definition) is 8. The molecule has 1 aromatic carbocycles. The summed E-state index contributed by atoms with van der Waals surface area (Å²) in [6.45, 7) is 15.5. The fourth-order valence-corrected chi connectivity index (χ4v) is 2.96. The van der Waals surface area contributed by atoms with Crippen LogP contribution in [0.2, 0.25) is 0 Å². The average Bonchev–Trinajstić information content (AvgIpc) is 3.08. The van der Waals surface area contributed by atoms with Crippen molar-refractivity contribution in [2.24, 2.45) is 10.7 Å². The Labute approximate surface area is 223 Å². The maximum absolute atomic E-state index is 12.9. The molecule has 0 radical (unpaired) electrons. The molecular formula is C26H38N4O8. The summed E-state index contributed by atoms with van der Waals surface area (Å²) in [6, 6.07) is 4.42. The Morgan fingerprint density at radius 3 is 1.97 bits per heavy atom. The van der Waals surface area contributed by atoms with E-state index in [2.05, 4.69) is 4.99 Å². The quantitative estimate of drug-likeness (QED) is 0.339. The topological polar surface area (TPSA) is 158 Å². The van der Waals surface area contributed by atoms with Gasteiger partial charge in [0.15, 0.2) is 0 Å². The van der Waals surface area contributed by atoms with E-state index in [1.54, 1.807) is 48.5 Å². The number of hydrogen-bond donors (Lipinski definition) is 1. The lowest BCUT2D eigenvalue weighted by Gasteiger charge is -2.27. The van der Waals surface area contributed by atoms with Crippen LogP contribution in [0.5, 0.6) is 0 Å². The number of guanidine groups is 1. The van der Waals surface area contributed by atoms with Gasteiger partial charge in [0.05, 0.1) is 12.1 Å². The number of nitrogens with two attached hydrogens (primary N) is 1. The van der Waals surface area contributed by atoms with Gasteiger partial charge < -0.3 is 20.0 Å². The van der Waals surface area contributed by atoms with Crippen LogP contribution < -0.4 is 5.73 Å². The lowest BCUT2D eigenvalue weighted by atomic mass is 10.0.